The molecule has 11 aromatic rings. The second kappa shape index (κ2) is 12.6. The molecule has 0 fully saturated rings. The van der Waals surface area contributed by atoms with Gasteiger partial charge in [0.05, 0.1) is 11.1 Å². The Morgan fingerprint density at radius 3 is 1.89 bits per heavy atom. The van der Waals surface area contributed by atoms with Crippen LogP contribution in [0, 0.1) is 0 Å². The Morgan fingerprint density at radius 1 is 0.382 bits per heavy atom. The number of furan rings is 1. The highest BCUT2D eigenvalue weighted by atomic mass is 16.4. The number of hydrogen-bond acceptors (Lipinski definition) is 4. The highest BCUT2D eigenvalue weighted by Crippen LogP contribution is 2.43. The first-order valence-electron chi connectivity index (χ1n) is 18.5. The standard InChI is InChI=1S/C51H32N2O2/c1-3-11-34(12-4-1)43-17-9-10-18-45(43)53(40-26-28-42-38(31-40)20-19-35-13-7-8-16-41(35)42)39-24-21-33(22-25-39)37-23-27-44-48(32-37)54-46-29-30-47-50(49(44)46)52-51(55-47)36-14-5-2-6-15-36/h1-32H. The van der Waals surface area contributed by atoms with Crippen molar-refractivity contribution in [1.29, 1.82) is 0 Å². The lowest BCUT2D eigenvalue weighted by atomic mass is 9.99. The summed E-state index contributed by atoms with van der Waals surface area (Å²) in [6, 6.07) is 68.3. The van der Waals surface area contributed by atoms with Crippen molar-refractivity contribution < 1.29 is 8.83 Å². The van der Waals surface area contributed by atoms with Gasteiger partial charge in [-0.1, -0.05) is 127 Å². The van der Waals surface area contributed by atoms with E-state index in [0.717, 1.165) is 66.8 Å². The summed E-state index contributed by atoms with van der Waals surface area (Å²) < 4.78 is 12.6. The van der Waals surface area contributed by atoms with Crippen molar-refractivity contribution in [1.82, 2.24) is 4.98 Å². The second-order valence-electron chi connectivity index (χ2n) is 13.9. The van der Waals surface area contributed by atoms with E-state index in [1.54, 1.807) is 0 Å². The number of para-hydroxylation sites is 1. The van der Waals surface area contributed by atoms with Gasteiger partial charge in [-0.25, -0.2) is 4.98 Å². The van der Waals surface area contributed by atoms with Crippen LogP contribution in [0.15, 0.2) is 203 Å². The predicted octanol–water partition coefficient (Wildman–Crippen LogP) is 14.5. The third-order valence-electron chi connectivity index (χ3n) is 10.7. The molecule has 0 atom stereocenters. The quantitative estimate of drug-likeness (QED) is 0.162. The molecule has 0 unspecified atom stereocenters. The monoisotopic (exact) mass is 704 g/mol. The fourth-order valence-corrected chi connectivity index (χ4v) is 8.04. The Labute approximate surface area is 317 Å². The van der Waals surface area contributed by atoms with E-state index >= 15 is 0 Å². The highest BCUT2D eigenvalue weighted by molar-refractivity contribution is 6.17. The molecule has 2 aromatic heterocycles. The number of benzene rings is 9. The first kappa shape index (κ1) is 31.1. The lowest BCUT2D eigenvalue weighted by molar-refractivity contribution is 0.619. The van der Waals surface area contributed by atoms with E-state index in [4.69, 9.17) is 13.8 Å². The van der Waals surface area contributed by atoms with Crippen molar-refractivity contribution in [3.8, 4) is 33.7 Å². The average Bonchev–Trinajstić information content (AvgIpc) is 3.86. The smallest absolute Gasteiger partial charge is 0.227 e. The van der Waals surface area contributed by atoms with Gasteiger partial charge in [0, 0.05) is 27.9 Å². The van der Waals surface area contributed by atoms with Crippen LogP contribution < -0.4 is 4.90 Å². The lowest BCUT2D eigenvalue weighted by Crippen LogP contribution is -2.11. The van der Waals surface area contributed by atoms with E-state index in [1.165, 1.54) is 32.7 Å². The normalized spacial score (nSPS) is 11.6. The van der Waals surface area contributed by atoms with Gasteiger partial charge in [0.25, 0.3) is 0 Å². The molecule has 0 spiro atoms. The van der Waals surface area contributed by atoms with E-state index in [2.05, 4.69) is 157 Å². The van der Waals surface area contributed by atoms with Gasteiger partial charge in [0.2, 0.25) is 5.89 Å². The van der Waals surface area contributed by atoms with Crippen molar-refractivity contribution in [2.75, 3.05) is 4.90 Å². The molecule has 0 saturated heterocycles. The molecule has 11 rings (SSSR count). The Hall–Kier alpha value is -7.43. The van der Waals surface area contributed by atoms with Gasteiger partial charge in [0.15, 0.2) is 5.58 Å². The van der Waals surface area contributed by atoms with Gasteiger partial charge in [-0.05, 0) is 105 Å². The molecule has 2 heterocycles. The highest BCUT2D eigenvalue weighted by Gasteiger charge is 2.20. The number of nitrogens with zero attached hydrogens (tertiary/aromatic N) is 2. The molecule has 0 aliphatic heterocycles. The molecule has 0 amide bonds. The molecule has 4 nitrogen and oxygen atoms in total. The first-order chi connectivity index (χ1) is 27.2. The Bertz CT molecular complexity index is 3200. The van der Waals surface area contributed by atoms with Crippen LogP contribution in [0.5, 0.6) is 0 Å². The van der Waals surface area contributed by atoms with Gasteiger partial charge in [-0.15, -0.1) is 0 Å². The predicted molar refractivity (Wildman–Crippen MR) is 227 cm³/mol. The SMILES string of the molecule is c1ccc(-c2nc3c(ccc4oc5cc(-c6ccc(N(c7ccc8c(ccc9ccccc98)c7)c7ccccc7-c7ccccc7)cc6)ccc5c43)o2)cc1. The fraction of sp³-hybridized carbons (Fsp3) is 0. The van der Waals surface area contributed by atoms with E-state index in [9.17, 15) is 0 Å². The molecule has 0 aliphatic rings. The number of aromatic nitrogens is 1. The van der Waals surface area contributed by atoms with Crippen LogP contribution in [0.4, 0.5) is 17.1 Å². The van der Waals surface area contributed by atoms with E-state index < -0.39 is 0 Å². The maximum absolute atomic E-state index is 6.44. The summed E-state index contributed by atoms with van der Waals surface area (Å²) in [5.41, 5.74) is 11.9. The fourth-order valence-electron chi connectivity index (χ4n) is 8.04. The molecule has 9 aromatic carbocycles. The summed E-state index contributed by atoms with van der Waals surface area (Å²) in [7, 11) is 0. The van der Waals surface area contributed by atoms with Crippen molar-refractivity contribution >= 4 is 71.6 Å². The van der Waals surface area contributed by atoms with E-state index in [1.807, 2.05) is 42.5 Å². The molecule has 55 heavy (non-hydrogen) atoms. The third kappa shape index (κ3) is 5.26. The molecule has 258 valence electrons. The summed E-state index contributed by atoms with van der Waals surface area (Å²) in [4.78, 5) is 7.29. The zero-order valence-electron chi connectivity index (χ0n) is 29.7. The molecule has 4 heteroatoms. The van der Waals surface area contributed by atoms with Crippen LogP contribution in [0.3, 0.4) is 0 Å². The lowest BCUT2D eigenvalue weighted by Gasteiger charge is -2.28. The van der Waals surface area contributed by atoms with Crippen molar-refractivity contribution in [2.24, 2.45) is 0 Å². The number of hydrogen-bond donors (Lipinski definition) is 0. The molecule has 0 saturated carbocycles. The largest absolute Gasteiger partial charge is 0.456 e. The summed E-state index contributed by atoms with van der Waals surface area (Å²) in [5, 5.41) is 6.94. The van der Waals surface area contributed by atoms with Crippen molar-refractivity contribution in [3.05, 3.63) is 194 Å². The molecule has 0 radical (unpaired) electrons. The van der Waals surface area contributed by atoms with E-state index in [-0.39, 0.29) is 0 Å². The Balaban J connectivity index is 1.01. The minimum atomic E-state index is 0.603. The minimum absolute atomic E-state index is 0.603. The molecular formula is C51H32N2O2. The van der Waals surface area contributed by atoms with Crippen LogP contribution in [0.1, 0.15) is 0 Å². The Morgan fingerprint density at radius 2 is 1.04 bits per heavy atom. The van der Waals surface area contributed by atoms with Crippen molar-refractivity contribution in [3.63, 3.8) is 0 Å². The maximum Gasteiger partial charge on any atom is 0.227 e. The number of rotatable bonds is 6. The first-order valence-corrected chi connectivity index (χ1v) is 18.5. The minimum Gasteiger partial charge on any atom is -0.456 e. The van der Waals surface area contributed by atoms with Gasteiger partial charge in [0.1, 0.15) is 16.7 Å². The number of anilines is 3. The number of oxazole rings is 1. The van der Waals surface area contributed by atoms with Crippen molar-refractivity contribution in [2.45, 2.75) is 0 Å². The molecular weight excluding hydrogens is 673 g/mol. The summed E-state index contributed by atoms with van der Waals surface area (Å²) in [5.74, 6) is 0.603. The van der Waals surface area contributed by atoms with Gasteiger partial charge >= 0.3 is 0 Å². The third-order valence-corrected chi connectivity index (χ3v) is 10.7. The molecule has 0 aliphatic carbocycles. The van der Waals surface area contributed by atoms with Crippen LogP contribution in [-0.2, 0) is 0 Å². The van der Waals surface area contributed by atoms with Crippen LogP contribution >= 0.6 is 0 Å². The topological polar surface area (TPSA) is 42.4 Å². The summed E-state index contributed by atoms with van der Waals surface area (Å²) in [6.45, 7) is 0. The van der Waals surface area contributed by atoms with Crippen LogP contribution in [-0.4, -0.2) is 4.98 Å². The maximum atomic E-state index is 6.44. The molecule has 0 bridgehead atoms. The van der Waals surface area contributed by atoms with Gasteiger partial charge < -0.3 is 13.7 Å². The summed E-state index contributed by atoms with van der Waals surface area (Å²) in [6.07, 6.45) is 0. The van der Waals surface area contributed by atoms with Crippen LogP contribution in [0.25, 0.3) is 88.3 Å². The number of fused-ring (bicyclic) bond motifs is 8. The van der Waals surface area contributed by atoms with Gasteiger partial charge in [-0.3, -0.25) is 0 Å². The Kier molecular flexibility index (Phi) is 7.14. The van der Waals surface area contributed by atoms with Gasteiger partial charge in [-0.2, -0.15) is 0 Å². The van der Waals surface area contributed by atoms with Crippen LogP contribution in [0.2, 0.25) is 0 Å². The van der Waals surface area contributed by atoms with E-state index in [0.29, 0.717) is 5.89 Å². The average molecular weight is 705 g/mol. The zero-order chi connectivity index (χ0) is 36.3. The second-order valence-corrected chi connectivity index (χ2v) is 13.9. The molecule has 0 N–H and O–H groups in total. The zero-order valence-corrected chi connectivity index (χ0v) is 29.7. The summed E-state index contributed by atoms with van der Waals surface area (Å²) >= 11 is 0.